The molecule has 1 aromatic heterocycles. The molecule has 2 unspecified atom stereocenters. The molecule has 5 nitrogen and oxygen atoms in total. The van der Waals surface area contributed by atoms with Gasteiger partial charge in [0, 0.05) is 6.54 Å². The number of nitrogens with zero attached hydrogens (tertiary/aromatic N) is 3. The number of aromatic nitrogens is 3. The molecule has 0 spiro atoms. The quantitative estimate of drug-likeness (QED) is 0.785. The molecule has 0 aliphatic rings. The number of hydrogen-bond acceptors (Lipinski definition) is 4. The zero-order valence-electron chi connectivity index (χ0n) is 11.2. The lowest BCUT2D eigenvalue weighted by atomic mass is 10.0. The smallest absolute Gasteiger partial charge is 0.0994 e. The molecule has 0 aromatic carbocycles. The minimum atomic E-state index is -0.444. The van der Waals surface area contributed by atoms with E-state index in [1.54, 1.807) is 6.92 Å². The molecule has 17 heavy (non-hydrogen) atoms. The third-order valence-electron chi connectivity index (χ3n) is 3.11. The van der Waals surface area contributed by atoms with Gasteiger partial charge in [0.2, 0.25) is 0 Å². The largest absolute Gasteiger partial charge is 0.391 e. The van der Waals surface area contributed by atoms with E-state index in [2.05, 4.69) is 24.2 Å². The van der Waals surface area contributed by atoms with Crippen LogP contribution in [0.4, 0.5) is 0 Å². The van der Waals surface area contributed by atoms with Crippen molar-refractivity contribution in [2.24, 2.45) is 11.7 Å². The Morgan fingerprint density at radius 3 is 2.41 bits per heavy atom. The van der Waals surface area contributed by atoms with Crippen LogP contribution >= 0.6 is 0 Å². The molecule has 0 bridgehead atoms. The molecule has 5 heteroatoms. The van der Waals surface area contributed by atoms with E-state index in [0.717, 1.165) is 24.2 Å². The number of aliphatic hydroxyl groups excluding tert-OH is 1. The summed E-state index contributed by atoms with van der Waals surface area (Å²) in [6, 6.07) is -0.0648. The van der Waals surface area contributed by atoms with Crippen LogP contribution in [0.25, 0.3) is 0 Å². The van der Waals surface area contributed by atoms with Gasteiger partial charge in [0.05, 0.1) is 23.5 Å². The highest BCUT2D eigenvalue weighted by atomic mass is 16.3. The maximum Gasteiger partial charge on any atom is 0.0994 e. The summed E-state index contributed by atoms with van der Waals surface area (Å²) in [6.45, 7) is 8.49. The van der Waals surface area contributed by atoms with E-state index in [9.17, 15) is 5.11 Å². The lowest BCUT2D eigenvalue weighted by Crippen LogP contribution is -2.22. The van der Waals surface area contributed by atoms with Crippen LogP contribution in [-0.2, 0) is 13.0 Å². The van der Waals surface area contributed by atoms with Gasteiger partial charge < -0.3 is 10.8 Å². The molecule has 0 saturated carbocycles. The predicted octanol–water partition coefficient (Wildman–Crippen LogP) is 1.27. The van der Waals surface area contributed by atoms with Crippen LogP contribution in [0.2, 0.25) is 0 Å². The van der Waals surface area contributed by atoms with Gasteiger partial charge >= 0.3 is 0 Å². The summed E-state index contributed by atoms with van der Waals surface area (Å²) >= 11 is 0. The average Bonchev–Trinajstić information content (AvgIpc) is 2.67. The van der Waals surface area contributed by atoms with Crippen molar-refractivity contribution in [3.8, 4) is 0 Å². The van der Waals surface area contributed by atoms with Gasteiger partial charge in [-0.05, 0) is 32.6 Å². The van der Waals surface area contributed by atoms with Crippen molar-refractivity contribution >= 4 is 0 Å². The Labute approximate surface area is 103 Å². The number of nitrogens with two attached hydrogens (primary N) is 1. The van der Waals surface area contributed by atoms with E-state index >= 15 is 0 Å². The topological polar surface area (TPSA) is 77.0 Å². The molecule has 0 saturated heterocycles. The van der Waals surface area contributed by atoms with Gasteiger partial charge in [0.1, 0.15) is 0 Å². The van der Waals surface area contributed by atoms with Crippen molar-refractivity contribution in [1.82, 2.24) is 15.0 Å². The molecule has 3 N–H and O–H groups in total. The molecule has 0 aliphatic carbocycles. The molecule has 0 radical (unpaired) electrons. The first-order valence-electron chi connectivity index (χ1n) is 6.28. The van der Waals surface area contributed by atoms with E-state index in [1.807, 2.05) is 11.6 Å². The van der Waals surface area contributed by atoms with Gasteiger partial charge in [-0.1, -0.05) is 19.1 Å². The van der Waals surface area contributed by atoms with Gasteiger partial charge in [-0.15, -0.1) is 5.10 Å². The van der Waals surface area contributed by atoms with Crippen LogP contribution in [0.5, 0.6) is 0 Å². The second-order valence-corrected chi connectivity index (χ2v) is 5.05. The van der Waals surface area contributed by atoms with Crippen LogP contribution in [0.1, 0.15) is 51.5 Å². The maximum atomic E-state index is 9.64. The van der Waals surface area contributed by atoms with E-state index in [4.69, 9.17) is 5.73 Å². The van der Waals surface area contributed by atoms with Crippen molar-refractivity contribution in [2.75, 3.05) is 0 Å². The summed E-state index contributed by atoms with van der Waals surface area (Å²) in [4.78, 5) is 0. The Balaban J connectivity index is 2.93. The van der Waals surface area contributed by atoms with Crippen LogP contribution in [0.3, 0.4) is 0 Å². The lowest BCUT2D eigenvalue weighted by molar-refractivity contribution is 0.129. The first kappa shape index (κ1) is 14.1. The van der Waals surface area contributed by atoms with Crippen LogP contribution in [-0.4, -0.2) is 26.2 Å². The third kappa shape index (κ3) is 3.51. The van der Waals surface area contributed by atoms with Crippen molar-refractivity contribution < 1.29 is 5.11 Å². The predicted molar refractivity (Wildman–Crippen MR) is 67.5 cm³/mol. The summed E-state index contributed by atoms with van der Waals surface area (Å²) < 4.78 is 1.81. The SMILES string of the molecule is CC(C)CCc1c(CN)nnn1C(C)C(C)O. The van der Waals surface area contributed by atoms with E-state index < -0.39 is 6.10 Å². The van der Waals surface area contributed by atoms with Crippen molar-refractivity contribution in [3.05, 3.63) is 11.4 Å². The average molecular weight is 240 g/mol. The molecular weight excluding hydrogens is 216 g/mol. The minimum absolute atomic E-state index is 0.0648. The molecule has 1 aromatic rings. The lowest BCUT2D eigenvalue weighted by Gasteiger charge is -2.18. The zero-order valence-corrected chi connectivity index (χ0v) is 11.2. The van der Waals surface area contributed by atoms with Gasteiger partial charge in [-0.25, -0.2) is 4.68 Å². The molecule has 1 heterocycles. The van der Waals surface area contributed by atoms with Crippen LogP contribution in [0, 0.1) is 5.92 Å². The highest BCUT2D eigenvalue weighted by Gasteiger charge is 2.19. The fraction of sp³-hybridized carbons (Fsp3) is 0.833. The van der Waals surface area contributed by atoms with E-state index in [1.165, 1.54) is 0 Å². The summed E-state index contributed by atoms with van der Waals surface area (Å²) in [7, 11) is 0. The Bertz CT molecular complexity index is 346. The number of rotatable bonds is 6. The fourth-order valence-electron chi connectivity index (χ4n) is 1.72. The van der Waals surface area contributed by atoms with Gasteiger partial charge in [-0.2, -0.15) is 0 Å². The van der Waals surface area contributed by atoms with E-state index in [0.29, 0.717) is 12.5 Å². The van der Waals surface area contributed by atoms with Gasteiger partial charge in [-0.3, -0.25) is 0 Å². The molecule has 2 atom stereocenters. The first-order chi connectivity index (χ1) is 7.97. The maximum absolute atomic E-state index is 9.64. The van der Waals surface area contributed by atoms with Gasteiger partial charge in [0.15, 0.2) is 0 Å². The Morgan fingerprint density at radius 2 is 1.94 bits per heavy atom. The highest BCUT2D eigenvalue weighted by molar-refractivity contribution is 5.11. The molecule has 0 amide bonds. The van der Waals surface area contributed by atoms with E-state index in [-0.39, 0.29) is 6.04 Å². The minimum Gasteiger partial charge on any atom is -0.391 e. The van der Waals surface area contributed by atoms with Crippen molar-refractivity contribution in [3.63, 3.8) is 0 Å². The summed E-state index contributed by atoms with van der Waals surface area (Å²) in [6.07, 6.45) is 1.54. The van der Waals surface area contributed by atoms with Crippen LogP contribution in [0.15, 0.2) is 0 Å². The monoisotopic (exact) mass is 240 g/mol. The third-order valence-corrected chi connectivity index (χ3v) is 3.11. The number of hydrogen-bond donors (Lipinski definition) is 2. The Kier molecular flexibility index (Phi) is 5.08. The fourth-order valence-corrected chi connectivity index (χ4v) is 1.72. The zero-order chi connectivity index (χ0) is 13.0. The number of aliphatic hydroxyl groups is 1. The second-order valence-electron chi connectivity index (χ2n) is 5.05. The Hall–Kier alpha value is -0.940. The van der Waals surface area contributed by atoms with Crippen molar-refractivity contribution in [1.29, 1.82) is 0 Å². The highest BCUT2D eigenvalue weighted by Crippen LogP contribution is 2.18. The normalized spacial score (nSPS) is 15.2. The van der Waals surface area contributed by atoms with Crippen molar-refractivity contribution in [2.45, 2.75) is 59.2 Å². The standard InChI is InChI=1S/C12H24N4O/c1-8(2)5-6-12-11(7-13)14-15-16(12)9(3)10(4)17/h8-10,17H,5-7,13H2,1-4H3. The molecule has 98 valence electrons. The molecule has 0 aliphatic heterocycles. The summed E-state index contributed by atoms with van der Waals surface area (Å²) in [5.41, 5.74) is 7.58. The molecular formula is C12H24N4O. The Morgan fingerprint density at radius 1 is 1.29 bits per heavy atom. The second kappa shape index (κ2) is 6.12. The first-order valence-corrected chi connectivity index (χ1v) is 6.28. The van der Waals surface area contributed by atoms with Crippen LogP contribution < -0.4 is 5.73 Å². The molecule has 1 rings (SSSR count). The molecule has 0 fully saturated rings. The summed E-state index contributed by atoms with van der Waals surface area (Å²) in [5, 5.41) is 17.8. The van der Waals surface area contributed by atoms with Gasteiger partial charge in [0.25, 0.3) is 0 Å². The summed E-state index contributed by atoms with van der Waals surface area (Å²) in [5.74, 6) is 0.630.